The molecule has 4 nitrogen and oxygen atoms in total. The molecular formula is C80H74N2O2. The van der Waals surface area contributed by atoms with Crippen LogP contribution in [-0.2, 0) is 32.5 Å². The summed E-state index contributed by atoms with van der Waals surface area (Å²) >= 11 is 0. The number of anilines is 6. The molecule has 0 heterocycles. The largest absolute Gasteiger partial charge is 0.495 e. The van der Waals surface area contributed by atoms with Crippen molar-refractivity contribution in [3.05, 3.63) is 261 Å². The second-order valence-corrected chi connectivity index (χ2v) is 27.6. The van der Waals surface area contributed by atoms with E-state index in [1.54, 1.807) is 0 Å². The topological polar surface area (TPSA) is 24.9 Å². The summed E-state index contributed by atoms with van der Waals surface area (Å²) in [7, 11) is 3.67. The van der Waals surface area contributed by atoms with Crippen molar-refractivity contribution in [2.75, 3.05) is 24.0 Å². The van der Waals surface area contributed by atoms with Crippen molar-refractivity contribution < 1.29 is 9.47 Å². The standard InChI is InChI=1S/C80H74N2O2/c1-75(2)47-80(11,48-30-39-73(83-12)71(40-48)81(49-31-35-57-53-22-14-18-26-61(53)76(3,4)65(57)41-49)50-32-36-58-54-23-15-19-27-62(54)77(5,6)66(58)42-50)70-46-74(84-13)72(45-69(70)75)82(51-33-37-59-55-24-16-20-28-63(55)78(7,8)67(59)43-51)52-34-38-60-56-25-17-21-29-64(56)79(9,10)68(60)44-52/h14-46H,47H2,1-13H3. The summed E-state index contributed by atoms with van der Waals surface area (Å²) < 4.78 is 13.3. The van der Waals surface area contributed by atoms with Gasteiger partial charge in [-0.1, -0.05) is 204 Å². The van der Waals surface area contributed by atoms with Crippen LogP contribution in [0.1, 0.15) is 144 Å². The van der Waals surface area contributed by atoms with Gasteiger partial charge in [0.25, 0.3) is 0 Å². The first-order valence-electron chi connectivity index (χ1n) is 30.2. The van der Waals surface area contributed by atoms with Crippen molar-refractivity contribution in [2.24, 2.45) is 0 Å². The van der Waals surface area contributed by atoms with E-state index in [0.717, 1.165) is 52.0 Å². The molecule has 5 aliphatic rings. The minimum absolute atomic E-state index is 0.181. The van der Waals surface area contributed by atoms with Crippen LogP contribution in [0.4, 0.5) is 34.1 Å². The minimum atomic E-state index is -0.419. The molecule has 5 aliphatic carbocycles. The van der Waals surface area contributed by atoms with Crippen LogP contribution >= 0.6 is 0 Å². The van der Waals surface area contributed by atoms with E-state index in [0.29, 0.717) is 0 Å². The van der Waals surface area contributed by atoms with Gasteiger partial charge in [-0.2, -0.15) is 0 Å². The number of methoxy groups -OCH3 is 2. The van der Waals surface area contributed by atoms with Gasteiger partial charge in [0.15, 0.2) is 0 Å². The maximum atomic E-state index is 6.76. The lowest BCUT2D eigenvalue weighted by molar-refractivity contribution is 0.410. The Morgan fingerprint density at radius 1 is 0.286 bits per heavy atom. The van der Waals surface area contributed by atoms with E-state index >= 15 is 0 Å². The van der Waals surface area contributed by atoms with Crippen molar-refractivity contribution in [1.82, 2.24) is 0 Å². The zero-order valence-electron chi connectivity index (χ0n) is 51.0. The Morgan fingerprint density at radius 2 is 0.607 bits per heavy atom. The Hall–Kier alpha value is -8.60. The van der Waals surface area contributed by atoms with Crippen LogP contribution in [0.2, 0.25) is 0 Å². The van der Waals surface area contributed by atoms with Crippen LogP contribution in [-0.4, -0.2) is 14.2 Å². The van der Waals surface area contributed by atoms with E-state index in [1.165, 1.54) is 106 Å². The summed E-state index contributed by atoms with van der Waals surface area (Å²) in [6, 6.07) is 76.1. The third-order valence-corrected chi connectivity index (χ3v) is 21.0. The highest BCUT2D eigenvalue weighted by atomic mass is 16.5. The zero-order chi connectivity index (χ0) is 58.2. The van der Waals surface area contributed by atoms with Gasteiger partial charge in [-0.15, -0.1) is 0 Å². The highest BCUT2D eigenvalue weighted by Gasteiger charge is 2.48. The first kappa shape index (κ1) is 52.2. The highest BCUT2D eigenvalue weighted by Crippen LogP contribution is 2.61. The van der Waals surface area contributed by atoms with E-state index in [9.17, 15) is 0 Å². The molecule has 0 saturated carbocycles. The van der Waals surface area contributed by atoms with Gasteiger partial charge >= 0.3 is 0 Å². The molecule has 0 aliphatic heterocycles. The van der Waals surface area contributed by atoms with Crippen LogP contribution < -0.4 is 19.3 Å². The molecule has 0 amide bonds. The van der Waals surface area contributed by atoms with Gasteiger partial charge in [-0.25, -0.2) is 0 Å². The predicted octanol–water partition coefficient (Wildman–Crippen LogP) is 20.9. The Kier molecular flexibility index (Phi) is 11.0. The molecule has 0 N–H and O–H groups in total. The number of ether oxygens (including phenoxy) is 2. The number of benzene rings is 10. The highest BCUT2D eigenvalue weighted by molar-refractivity contribution is 5.92. The quantitative estimate of drug-likeness (QED) is 0.144. The third-order valence-electron chi connectivity index (χ3n) is 21.0. The lowest BCUT2D eigenvalue weighted by Crippen LogP contribution is -2.24. The number of fused-ring (bicyclic) bond motifs is 13. The Bertz CT molecular complexity index is 4240. The number of hydrogen-bond acceptors (Lipinski definition) is 4. The van der Waals surface area contributed by atoms with Crippen LogP contribution in [0.5, 0.6) is 11.5 Å². The van der Waals surface area contributed by atoms with Crippen LogP contribution in [0, 0.1) is 0 Å². The first-order chi connectivity index (χ1) is 40.2. The molecule has 416 valence electrons. The average Bonchev–Trinajstić information content (AvgIpc) is 1.74. The SMILES string of the molecule is COc1ccc(C2(C)CC(C)(C)c3cc(N(c4ccc5c(c4)C(C)(C)c4ccccc4-5)c4ccc5c(c4)C(C)(C)c4ccccc4-5)c(OC)cc32)cc1N(c1ccc2c(c1)C(C)(C)c1ccccc1-2)c1ccc2c(c1)C(C)(C)c1ccccc1-2. The van der Waals surface area contributed by atoms with Crippen LogP contribution in [0.15, 0.2) is 200 Å². The summed E-state index contributed by atoms with van der Waals surface area (Å²) in [5, 5.41) is 0. The van der Waals surface area contributed by atoms with E-state index in [4.69, 9.17) is 9.47 Å². The van der Waals surface area contributed by atoms with E-state index in [2.05, 4.69) is 286 Å². The van der Waals surface area contributed by atoms with Crippen molar-refractivity contribution >= 4 is 34.1 Å². The van der Waals surface area contributed by atoms with Gasteiger partial charge in [0.2, 0.25) is 0 Å². The lowest BCUT2D eigenvalue weighted by Gasteiger charge is -2.33. The molecule has 1 atom stereocenters. The van der Waals surface area contributed by atoms with Crippen molar-refractivity contribution in [2.45, 2.75) is 115 Å². The maximum absolute atomic E-state index is 6.76. The van der Waals surface area contributed by atoms with E-state index < -0.39 is 5.41 Å². The molecule has 0 radical (unpaired) electrons. The molecule has 84 heavy (non-hydrogen) atoms. The predicted molar refractivity (Wildman–Crippen MR) is 350 cm³/mol. The van der Waals surface area contributed by atoms with Crippen LogP contribution in [0.3, 0.4) is 0 Å². The maximum Gasteiger partial charge on any atom is 0.143 e. The minimum Gasteiger partial charge on any atom is -0.495 e. The van der Waals surface area contributed by atoms with Crippen LogP contribution in [0.25, 0.3) is 44.5 Å². The number of hydrogen-bond donors (Lipinski definition) is 0. The van der Waals surface area contributed by atoms with E-state index in [1.807, 2.05) is 14.2 Å². The molecule has 1 unspecified atom stereocenters. The molecule has 0 bridgehead atoms. The summed E-state index contributed by atoms with van der Waals surface area (Å²) in [6.45, 7) is 26.3. The fourth-order valence-electron chi connectivity index (χ4n) is 16.6. The molecule has 4 heteroatoms. The van der Waals surface area contributed by atoms with Gasteiger partial charge in [0.05, 0.1) is 25.6 Å². The first-order valence-corrected chi connectivity index (χ1v) is 30.2. The molecule has 0 saturated heterocycles. The van der Waals surface area contributed by atoms with E-state index in [-0.39, 0.29) is 27.1 Å². The van der Waals surface area contributed by atoms with Gasteiger partial charge in [-0.3, -0.25) is 0 Å². The average molecular weight is 1100 g/mol. The second kappa shape index (κ2) is 17.7. The van der Waals surface area contributed by atoms with Gasteiger partial charge in [0.1, 0.15) is 11.5 Å². The Labute approximate surface area is 497 Å². The monoisotopic (exact) mass is 1090 g/mol. The fraction of sp³-hybridized carbons (Fsp3) is 0.250. The normalized spacial score (nSPS) is 18.3. The molecule has 15 rings (SSSR count). The Balaban J connectivity index is 0.905. The molecule has 0 spiro atoms. The fourth-order valence-corrected chi connectivity index (χ4v) is 16.6. The summed E-state index contributed by atoms with van der Waals surface area (Å²) in [5.74, 6) is 1.65. The Morgan fingerprint density at radius 3 is 0.952 bits per heavy atom. The summed E-state index contributed by atoms with van der Waals surface area (Å²) in [4.78, 5) is 4.96. The van der Waals surface area contributed by atoms with Gasteiger partial charge in [-0.05, 0) is 190 Å². The molecule has 10 aromatic rings. The molecule has 0 aromatic heterocycles. The van der Waals surface area contributed by atoms with Crippen molar-refractivity contribution in [3.63, 3.8) is 0 Å². The molecule has 0 fully saturated rings. The molecule has 10 aromatic carbocycles. The number of nitrogens with zero attached hydrogens (tertiary/aromatic N) is 2. The van der Waals surface area contributed by atoms with Gasteiger partial charge in [0, 0.05) is 49.8 Å². The van der Waals surface area contributed by atoms with Crippen molar-refractivity contribution in [1.29, 1.82) is 0 Å². The van der Waals surface area contributed by atoms with Crippen molar-refractivity contribution in [3.8, 4) is 56.0 Å². The number of rotatable bonds is 9. The molecular weight excluding hydrogens is 1020 g/mol. The summed E-state index contributed by atoms with van der Waals surface area (Å²) in [5.41, 5.74) is 30.1. The summed E-state index contributed by atoms with van der Waals surface area (Å²) in [6.07, 6.45) is 0.890. The smallest absolute Gasteiger partial charge is 0.143 e. The van der Waals surface area contributed by atoms with Gasteiger partial charge < -0.3 is 19.3 Å². The second-order valence-electron chi connectivity index (χ2n) is 27.6. The lowest BCUT2D eigenvalue weighted by atomic mass is 9.75. The third kappa shape index (κ3) is 7.12. The zero-order valence-corrected chi connectivity index (χ0v) is 51.0.